The summed E-state index contributed by atoms with van der Waals surface area (Å²) in [4.78, 5) is 12.2. The van der Waals surface area contributed by atoms with Crippen LogP contribution in [0, 0.1) is 16.4 Å². The molecule has 2 aromatic carbocycles. The number of phenols is 1. The Morgan fingerprint density at radius 3 is 2.65 bits per heavy atom. The molecule has 0 saturated carbocycles. The molecule has 0 atom stereocenters. The third kappa shape index (κ3) is 4.70. The van der Waals surface area contributed by atoms with Gasteiger partial charge in [0.1, 0.15) is 18.1 Å². The summed E-state index contributed by atoms with van der Waals surface area (Å²) >= 11 is 2.26. The second kappa shape index (κ2) is 7.81. The first-order valence-corrected chi connectivity index (χ1v) is 8.69. The van der Waals surface area contributed by atoms with Crippen molar-refractivity contribution in [1.82, 2.24) is 0 Å². The van der Waals surface area contributed by atoms with Crippen molar-refractivity contribution < 1.29 is 14.6 Å². The summed E-state index contributed by atoms with van der Waals surface area (Å²) in [7, 11) is 0. The van der Waals surface area contributed by atoms with Gasteiger partial charge < -0.3 is 9.84 Å². The average molecular weight is 424 g/mol. The maximum atomic E-state index is 12.2. The monoisotopic (exact) mass is 424 g/mol. The number of aromatic hydroxyl groups is 1. The molecule has 0 amide bonds. The van der Waals surface area contributed by atoms with Crippen molar-refractivity contribution in [3.8, 4) is 11.5 Å². The van der Waals surface area contributed by atoms with Crippen LogP contribution in [-0.2, 0) is 6.61 Å². The molecule has 0 bridgehead atoms. The molecular weight excluding hydrogens is 403 g/mol. The van der Waals surface area contributed by atoms with Gasteiger partial charge in [0.15, 0.2) is 5.78 Å². The Morgan fingerprint density at radius 1 is 1.26 bits per heavy atom. The highest BCUT2D eigenvalue weighted by Gasteiger charge is 2.17. The van der Waals surface area contributed by atoms with Crippen molar-refractivity contribution in [2.45, 2.75) is 33.8 Å². The maximum absolute atomic E-state index is 12.2. The predicted molar refractivity (Wildman–Crippen MR) is 100 cm³/mol. The Morgan fingerprint density at radius 2 is 2.00 bits per heavy atom. The third-order valence-electron chi connectivity index (χ3n) is 3.56. The quantitative estimate of drug-likeness (QED) is 0.518. The first-order chi connectivity index (χ1) is 10.9. The lowest BCUT2D eigenvalue weighted by Crippen LogP contribution is -2.05. The highest BCUT2D eigenvalue weighted by Crippen LogP contribution is 2.32. The summed E-state index contributed by atoms with van der Waals surface area (Å²) in [6.45, 7) is 6.17. The van der Waals surface area contributed by atoms with Crippen LogP contribution in [0.3, 0.4) is 0 Å². The lowest BCUT2D eigenvalue weighted by Gasteiger charge is -2.13. The van der Waals surface area contributed by atoms with E-state index < -0.39 is 0 Å². The molecule has 0 heterocycles. The van der Waals surface area contributed by atoms with E-state index in [9.17, 15) is 9.90 Å². The van der Waals surface area contributed by atoms with Gasteiger partial charge in [0.05, 0.1) is 5.56 Å². The van der Waals surface area contributed by atoms with E-state index in [-0.39, 0.29) is 17.5 Å². The van der Waals surface area contributed by atoms with Gasteiger partial charge in [0, 0.05) is 15.6 Å². The molecule has 1 N–H and O–H groups in total. The van der Waals surface area contributed by atoms with E-state index in [1.807, 2.05) is 32.0 Å². The molecule has 2 rings (SSSR count). The van der Waals surface area contributed by atoms with Gasteiger partial charge in [0.2, 0.25) is 0 Å². The number of hydrogen-bond acceptors (Lipinski definition) is 3. The van der Waals surface area contributed by atoms with Crippen molar-refractivity contribution in [2.75, 3.05) is 0 Å². The lowest BCUT2D eigenvalue weighted by molar-refractivity contribution is 0.0965. The summed E-state index contributed by atoms with van der Waals surface area (Å²) in [6, 6.07) is 11.5. The molecule has 0 fully saturated rings. The van der Waals surface area contributed by atoms with Crippen LogP contribution in [0.15, 0.2) is 36.4 Å². The van der Waals surface area contributed by atoms with Crippen LogP contribution in [0.1, 0.15) is 41.8 Å². The van der Waals surface area contributed by atoms with Crippen LogP contribution in [-0.4, -0.2) is 10.9 Å². The molecule has 122 valence electrons. The second-order valence-electron chi connectivity index (χ2n) is 6.02. The molecular formula is C19H21IO3. The van der Waals surface area contributed by atoms with Crippen LogP contribution in [0.5, 0.6) is 11.5 Å². The van der Waals surface area contributed by atoms with E-state index >= 15 is 0 Å². The van der Waals surface area contributed by atoms with Crippen molar-refractivity contribution in [3.63, 3.8) is 0 Å². The predicted octanol–water partition coefficient (Wildman–Crippen LogP) is 5.11. The van der Waals surface area contributed by atoms with Crippen LogP contribution in [0.2, 0.25) is 0 Å². The standard InChI is InChI=1S/C19H21IO3/c1-12(2)9-17(21)16-7-8-18(13(3)19(16)22)23-11-14-5-4-6-15(20)10-14/h4-8,10,12,22H,9,11H2,1-3H3. The van der Waals surface area contributed by atoms with Crippen LogP contribution >= 0.6 is 22.6 Å². The molecule has 3 nitrogen and oxygen atoms in total. The number of benzene rings is 2. The summed E-state index contributed by atoms with van der Waals surface area (Å²) in [5.74, 6) is 0.849. The van der Waals surface area contributed by atoms with Crippen molar-refractivity contribution >= 4 is 28.4 Å². The zero-order chi connectivity index (χ0) is 17.0. The third-order valence-corrected chi connectivity index (χ3v) is 4.23. The van der Waals surface area contributed by atoms with E-state index in [1.165, 1.54) is 0 Å². The van der Waals surface area contributed by atoms with Gasteiger partial charge >= 0.3 is 0 Å². The average Bonchev–Trinajstić information content (AvgIpc) is 2.48. The summed E-state index contributed by atoms with van der Waals surface area (Å²) in [5.41, 5.74) is 2.04. The minimum absolute atomic E-state index is 0.0239. The Balaban J connectivity index is 2.15. The van der Waals surface area contributed by atoms with Crippen molar-refractivity contribution in [1.29, 1.82) is 0 Å². The van der Waals surface area contributed by atoms with Crippen LogP contribution in [0.4, 0.5) is 0 Å². The zero-order valence-electron chi connectivity index (χ0n) is 13.6. The highest BCUT2D eigenvalue weighted by atomic mass is 127. The Labute approximate surface area is 150 Å². The van der Waals surface area contributed by atoms with Gasteiger partial charge in [-0.2, -0.15) is 0 Å². The van der Waals surface area contributed by atoms with E-state index in [2.05, 4.69) is 28.7 Å². The number of hydrogen-bond donors (Lipinski definition) is 1. The fourth-order valence-corrected chi connectivity index (χ4v) is 2.94. The van der Waals surface area contributed by atoms with E-state index in [4.69, 9.17) is 4.74 Å². The Bertz CT molecular complexity index is 708. The highest BCUT2D eigenvalue weighted by molar-refractivity contribution is 14.1. The number of carbonyl (C=O) groups is 1. The SMILES string of the molecule is Cc1c(OCc2cccc(I)c2)ccc(C(=O)CC(C)C)c1O. The minimum Gasteiger partial charge on any atom is -0.507 e. The number of carbonyl (C=O) groups excluding carboxylic acids is 1. The van der Waals surface area contributed by atoms with E-state index in [0.29, 0.717) is 29.9 Å². The Hall–Kier alpha value is -1.56. The lowest BCUT2D eigenvalue weighted by atomic mass is 9.98. The molecule has 0 unspecified atom stereocenters. The minimum atomic E-state index is -0.0373. The molecule has 0 radical (unpaired) electrons. The topological polar surface area (TPSA) is 46.5 Å². The van der Waals surface area contributed by atoms with Crippen LogP contribution < -0.4 is 4.74 Å². The summed E-state index contributed by atoms with van der Waals surface area (Å²) in [5, 5.41) is 10.3. The number of halogens is 1. The fourth-order valence-electron chi connectivity index (χ4n) is 2.33. The van der Waals surface area contributed by atoms with E-state index in [0.717, 1.165) is 9.13 Å². The first kappa shape index (κ1) is 17.8. The molecule has 0 spiro atoms. The number of rotatable bonds is 6. The van der Waals surface area contributed by atoms with Gasteiger partial charge in [-0.15, -0.1) is 0 Å². The summed E-state index contributed by atoms with van der Waals surface area (Å²) in [6.07, 6.45) is 0.426. The van der Waals surface area contributed by atoms with Gasteiger partial charge in [-0.1, -0.05) is 26.0 Å². The number of Topliss-reactive ketones (excluding diaryl/α,β-unsaturated/α-hetero) is 1. The number of ketones is 1. The van der Waals surface area contributed by atoms with Gasteiger partial charge in [-0.05, 0) is 65.3 Å². The van der Waals surface area contributed by atoms with Gasteiger partial charge in [-0.3, -0.25) is 4.79 Å². The molecule has 2 aromatic rings. The van der Waals surface area contributed by atoms with Gasteiger partial charge in [0.25, 0.3) is 0 Å². The zero-order valence-corrected chi connectivity index (χ0v) is 15.8. The Kier molecular flexibility index (Phi) is 6.04. The fraction of sp³-hybridized carbons (Fsp3) is 0.316. The molecule has 0 aromatic heterocycles. The first-order valence-electron chi connectivity index (χ1n) is 7.61. The van der Waals surface area contributed by atoms with Crippen molar-refractivity contribution in [3.05, 3.63) is 56.7 Å². The largest absolute Gasteiger partial charge is 0.507 e. The molecule has 4 heteroatoms. The molecule has 0 saturated heterocycles. The number of phenolic OH excluding ortho intramolecular Hbond substituents is 1. The molecule has 0 aliphatic rings. The molecule has 0 aliphatic carbocycles. The summed E-state index contributed by atoms with van der Waals surface area (Å²) < 4.78 is 6.95. The smallest absolute Gasteiger partial charge is 0.166 e. The second-order valence-corrected chi connectivity index (χ2v) is 7.27. The van der Waals surface area contributed by atoms with Crippen LogP contribution in [0.25, 0.3) is 0 Å². The van der Waals surface area contributed by atoms with E-state index in [1.54, 1.807) is 19.1 Å². The van der Waals surface area contributed by atoms with Gasteiger partial charge in [-0.25, -0.2) is 0 Å². The maximum Gasteiger partial charge on any atom is 0.166 e. The molecule has 23 heavy (non-hydrogen) atoms. The van der Waals surface area contributed by atoms with Crippen molar-refractivity contribution in [2.24, 2.45) is 5.92 Å². The number of ether oxygens (including phenoxy) is 1. The molecule has 0 aliphatic heterocycles. The normalized spacial score (nSPS) is 10.8.